The molecule has 3 heteroatoms. The Morgan fingerprint density at radius 2 is 0.926 bits per heavy atom. The summed E-state index contributed by atoms with van der Waals surface area (Å²) in [5, 5.41) is 0. The van der Waals surface area contributed by atoms with Crippen molar-refractivity contribution in [2.24, 2.45) is 0 Å². The lowest BCUT2D eigenvalue weighted by molar-refractivity contribution is 0.769. The first-order valence-corrected chi connectivity index (χ1v) is 18.4. The zero-order chi connectivity index (χ0) is 35.9. The largest absolute Gasteiger partial charge is 0.284 e. The summed E-state index contributed by atoms with van der Waals surface area (Å²) < 4.78 is 2.09. The third-order valence-corrected chi connectivity index (χ3v) is 10.8. The topological polar surface area (TPSA) is 30.7 Å². The molecule has 0 bridgehead atoms. The van der Waals surface area contributed by atoms with Crippen LogP contribution in [0.4, 0.5) is 0 Å². The van der Waals surface area contributed by atoms with E-state index in [-0.39, 0.29) is 0 Å². The summed E-state index contributed by atoms with van der Waals surface area (Å²) in [6, 6.07) is 71.8. The van der Waals surface area contributed by atoms with Gasteiger partial charge in [0.25, 0.3) is 0 Å². The predicted octanol–water partition coefficient (Wildman–Crippen LogP) is 12.3. The molecular weight excluding hydrogens is 655 g/mol. The summed E-state index contributed by atoms with van der Waals surface area (Å²) in [5.74, 6) is 1.66. The first kappa shape index (κ1) is 31.6. The van der Waals surface area contributed by atoms with Crippen molar-refractivity contribution in [3.8, 4) is 61.8 Å². The molecule has 254 valence electrons. The minimum atomic E-state index is -0.435. The van der Waals surface area contributed by atoms with E-state index in [0.29, 0.717) is 0 Å². The molecule has 2 aromatic heterocycles. The molecule has 54 heavy (non-hydrogen) atoms. The maximum Gasteiger partial charge on any atom is 0.145 e. The Balaban J connectivity index is 1.06. The molecule has 9 aromatic rings. The van der Waals surface area contributed by atoms with Crippen LogP contribution in [0.15, 0.2) is 213 Å². The van der Waals surface area contributed by atoms with Gasteiger partial charge in [0, 0.05) is 23.5 Å². The van der Waals surface area contributed by atoms with Gasteiger partial charge >= 0.3 is 0 Å². The number of nitrogens with zero attached hydrogens (tertiary/aromatic N) is 3. The number of rotatable bonds is 7. The third kappa shape index (κ3) is 5.21. The molecule has 0 N–H and O–H groups in total. The summed E-state index contributed by atoms with van der Waals surface area (Å²) in [4.78, 5) is 10.0. The van der Waals surface area contributed by atoms with Gasteiger partial charge in [-0.15, -0.1) is 0 Å². The number of benzene rings is 7. The van der Waals surface area contributed by atoms with Gasteiger partial charge < -0.3 is 0 Å². The smallest absolute Gasteiger partial charge is 0.145 e. The molecule has 0 spiro atoms. The SMILES string of the molecule is c1ccc(-c2cc(-c3ccccc3)nc(-n3ccnc3-c3ccc(-c4ccc5c(c4)C(c4ccccc4)(c4ccccc4)c4ccccc4-5)cc3)c2)cc1. The van der Waals surface area contributed by atoms with Crippen LogP contribution in [0.1, 0.15) is 22.3 Å². The molecule has 0 atom stereocenters. The average Bonchev–Trinajstić information content (AvgIpc) is 3.87. The van der Waals surface area contributed by atoms with Gasteiger partial charge in [-0.05, 0) is 73.8 Å². The van der Waals surface area contributed by atoms with Crippen molar-refractivity contribution >= 4 is 0 Å². The van der Waals surface area contributed by atoms with Crippen LogP contribution < -0.4 is 0 Å². The number of imidazole rings is 1. The quantitative estimate of drug-likeness (QED) is 0.167. The van der Waals surface area contributed by atoms with Crippen molar-refractivity contribution in [1.29, 1.82) is 0 Å². The molecule has 0 fully saturated rings. The van der Waals surface area contributed by atoms with Gasteiger partial charge in [0.1, 0.15) is 11.6 Å². The van der Waals surface area contributed by atoms with Gasteiger partial charge in [0.05, 0.1) is 11.1 Å². The van der Waals surface area contributed by atoms with Gasteiger partial charge in [0.15, 0.2) is 0 Å². The molecule has 0 amide bonds. The maximum atomic E-state index is 5.16. The Hall–Kier alpha value is -7.10. The lowest BCUT2D eigenvalue weighted by Gasteiger charge is -2.34. The number of aromatic nitrogens is 3. The molecule has 0 unspecified atom stereocenters. The van der Waals surface area contributed by atoms with Crippen molar-refractivity contribution in [3.05, 3.63) is 235 Å². The highest BCUT2D eigenvalue weighted by atomic mass is 15.1. The fourth-order valence-corrected chi connectivity index (χ4v) is 8.33. The van der Waals surface area contributed by atoms with E-state index in [1.54, 1.807) is 0 Å². The molecular formula is C51H35N3. The Morgan fingerprint density at radius 1 is 0.389 bits per heavy atom. The molecule has 1 aliphatic carbocycles. The van der Waals surface area contributed by atoms with Gasteiger partial charge in [-0.3, -0.25) is 4.57 Å². The van der Waals surface area contributed by atoms with Crippen molar-refractivity contribution in [2.75, 3.05) is 0 Å². The summed E-state index contributed by atoms with van der Waals surface area (Å²) in [6.07, 6.45) is 3.85. The van der Waals surface area contributed by atoms with Crippen LogP contribution in [0.5, 0.6) is 0 Å². The number of fused-ring (bicyclic) bond motifs is 3. The fraction of sp³-hybridized carbons (Fsp3) is 0.0196. The van der Waals surface area contributed by atoms with Crippen LogP contribution in [0, 0.1) is 0 Å². The van der Waals surface area contributed by atoms with Crippen molar-refractivity contribution in [3.63, 3.8) is 0 Å². The minimum Gasteiger partial charge on any atom is -0.284 e. The second-order valence-electron chi connectivity index (χ2n) is 13.8. The number of hydrogen-bond donors (Lipinski definition) is 0. The second kappa shape index (κ2) is 13.1. The van der Waals surface area contributed by atoms with Gasteiger partial charge in [0.2, 0.25) is 0 Å². The van der Waals surface area contributed by atoms with Crippen LogP contribution in [0.25, 0.3) is 61.8 Å². The first-order chi connectivity index (χ1) is 26.8. The van der Waals surface area contributed by atoms with E-state index in [1.165, 1.54) is 38.9 Å². The zero-order valence-electron chi connectivity index (χ0n) is 29.5. The van der Waals surface area contributed by atoms with Crippen molar-refractivity contribution in [2.45, 2.75) is 5.41 Å². The van der Waals surface area contributed by atoms with Crippen molar-refractivity contribution in [1.82, 2.24) is 14.5 Å². The summed E-state index contributed by atoms with van der Waals surface area (Å²) in [5.41, 5.74) is 14.9. The van der Waals surface area contributed by atoms with Crippen LogP contribution >= 0.6 is 0 Å². The number of pyridine rings is 1. The normalized spacial score (nSPS) is 12.6. The van der Waals surface area contributed by atoms with Gasteiger partial charge in [-0.1, -0.05) is 182 Å². The molecule has 7 aromatic carbocycles. The lowest BCUT2D eigenvalue weighted by Crippen LogP contribution is -2.28. The molecule has 0 aliphatic heterocycles. The minimum absolute atomic E-state index is 0.435. The Morgan fingerprint density at radius 3 is 1.61 bits per heavy atom. The molecule has 1 aliphatic rings. The van der Waals surface area contributed by atoms with E-state index < -0.39 is 5.41 Å². The predicted molar refractivity (Wildman–Crippen MR) is 220 cm³/mol. The Kier molecular flexibility index (Phi) is 7.70. The summed E-state index contributed by atoms with van der Waals surface area (Å²) in [6.45, 7) is 0. The number of hydrogen-bond acceptors (Lipinski definition) is 2. The fourth-order valence-electron chi connectivity index (χ4n) is 8.33. The highest BCUT2D eigenvalue weighted by molar-refractivity contribution is 5.88. The Labute approximate surface area is 315 Å². The van der Waals surface area contributed by atoms with E-state index in [0.717, 1.165) is 45.2 Å². The molecule has 0 saturated heterocycles. The van der Waals surface area contributed by atoms with Crippen molar-refractivity contribution < 1.29 is 0 Å². The average molecular weight is 690 g/mol. The molecule has 0 radical (unpaired) electrons. The molecule has 0 saturated carbocycles. The molecule has 3 nitrogen and oxygen atoms in total. The first-order valence-electron chi connectivity index (χ1n) is 18.4. The zero-order valence-corrected chi connectivity index (χ0v) is 29.5. The molecule has 2 heterocycles. The third-order valence-electron chi connectivity index (χ3n) is 10.8. The maximum absolute atomic E-state index is 5.16. The van der Waals surface area contributed by atoms with Crippen LogP contribution in [-0.2, 0) is 5.41 Å². The van der Waals surface area contributed by atoms with E-state index in [9.17, 15) is 0 Å². The van der Waals surface area contributed by atoms with Crippen LogP contribution in [0.3, 0.4) is 0 Å². The summed E-state index contributed by atoms with van der Waals surface area (Å²) >= 11 is 0. The molecule has 10 rings (SSSR count). The van der Waals surface area contributed by atoms with E-state index in [4.69, 9.17) is 9.97 Å². The van der Waals surface area contributed by atoms with Crippen LogP contribution in [-0.4, -0.2) is 14.5 Å². The monoisotopic (exact) mass is 689 g/mol. The van der Waals surface area contributed by atoms with E-state index in [2.05, 4.69) is 193 Å². The van der Waals surface area contributed by atoms with Crippen LogP contribution in [0.2, 0.25) is 0 Å². The van der Waals surface area contributed by atoms with E-state index in [1.807, 2.05) is 24.5 Å². The standard InChI is InChI=1S/C51H35N3/c1-5-15-36(16-6-1)41-34-48(38-17-7-2-8-18-38)53-49(35-41)54-32-31-52-50(54)39-27-25-37(26-28-39)40-29-30-45-44-23-13-14-24-46(44)51(47(45)33-40,42-19-9-3-10-20-42)43-21-11-4-12-22-43/h1-35H. The highest BCUT2D eigenvalue weighted by Crippen LogP contribution is 2.56. The highest BCUT2D eigenvalue weighted by Gasteiger charge is 2.46. The lowest BCUT2D eigenvalue weighted by atomic mass is 9.67. The Bertz CT molecular complexity index is 2640. The van der Waals surface area contributed by atoms with Gasteiger partial charge in [-0.25, -0.2) is 9.97 Å². The second-order valence-corrected chi connectivity index (χ2v) is 13.8. The van der Waals surface area contributed by atoms with E-state index >= 15 is 0 Å². The van der Waals surface area contributed by atoms with Gasteiger partial charge in [-0.2, -0.15) is 0 Å². The summed E-state index contributed by atoms with van der Waals surface area (Å²) in [7, 11) is 0.